The van der Waals surface area contributed by atoms with Crippen LogP contribution in [-0.2, 0) is 4.74 Å². The van der Waals surface area contributed by atoms with Crippen LogP contribution >= 0.6 is 11.6 Å². The first-order chi connectivity index (χ1) is 15.8. The van der Waals surface area contributed by atoms with Gasteiger partial charge in [0.2, 0.25) is 0 Å². The van der Waals surface area contributed by atoms with Crippen molar-refractivity contribution in [2.45, 2.75) is 25.6 Å². The molecule has 0 aliphatic rings. The molecule has 6 heteroatoms. The summed E-state index contributed by atoms with van der Waals surface area (Å²) in [5.74, 6) is -0.576. The van der Waals surface area contributed by atoms with Crippen LogP contribution in [0.1, 0.15) is 41.0 Å². The Bertz CT molecular complexity index is 1150. The van der Waals surface area contributed by atoms with Gasteiger partial charge < -0.3 is 14.6 Å². The first-order valence-electron chi connectivity index (χ1n) is 10.8. The number of carbonyl (C=O) groups excluding carboxylic acids is 1. The molecule has 0 aromatic heterocycles. The van der Waals surface area contributed by atoms with E-state index in [0.717, 1.165) is 17.2 Å². The average Bonchev–Trinajstić information content (AvgIpc) is 2.84. The number of carboxylic acids is 1. The van der Waals surface area contributed by atoms with Crippen LogP contribution in [0.4, 0.5) is 0 Å². The van der Waals surface area contributed by atoms with E-state index in [4.69, 9.17) is 21.1 Å². The van der Waals surface area contributed by atoms with Crippen molar-refractivity contribution in [2.75, 3.05) is 13.2 Å². The second-order valence-electron chi connectivity index (χ2n) is 7.89. The van der Waals surface area contributed by atoms with Crippen LogP contribution < -0.4 is 4.74 Å². The van der Waals surface area contributed by atoms with Crippen LogP contribution in [0.3, 0.4) is 0 Å². The standard InChI is InChI=1S/C27H27ClO5/c1-4-12-32-22-11-10-20-14-24(26(29)30)23(15-21(20)13-22)18-6-8-19(9-7-18)27(31)33-16-25(28)17(3)5-2/h4,6-11,13-15,17,25H,1,5,12,16H2,2-3H3,(H,29,30)/t17-,25+/m0/s1. The van der Waals surface area contributed by atoms with E-state index in [1.165, 1.54) is 0 Å². The van der Waals surface area contributed by atoms with Gasteiger partial charge in [0, 0.05) is 0 Å². The van der Waals surface area contributed by atoms with Gasteiger partial charge in [-0.25, -0.2) is 9.59 Å². The second kappa shape index (κ2) is 11.0. The molecule has 0 heterocycles. The van der Waals surface area contributed by atoms with E-state index in [9.17, 15) is 14.7 Å². The van der Waals surface area contributed by atoms with Crippen molar-refractivity contribution in [1.29, 1.82) is 0 Å². The molecular weight excluding hydrogens is 440 g/mol. The number of carbonyl (C=O) groups is 2. The summed E-state index contributed by atoms with van der Waals surface area (Å²) in [6.07, 6.45) is 2.56. The highest BCUT2D eigenvalue weighted by Crippen LogP contribution is 2.31. The molecule has 0 aliphatic carbocycles. The zero-order valence-electron chi connectivity index (χ0n) is 18.7. The third kappa shape index (κ3) is 5.93. The lowest BCUT2D eigenvalue weighted by Gasteiger charge is -2.16. The lowest BCUT2D eigenvalue weighted by atomic mass is 9.95. The first-order valence-corrected chi connectivity index (χ1v) is 11.2. The van der Waals surface area contributed by atoms with Gasteiger partial charge in [0.1, 0.15) is 19.0 Å². The quantitative estimate of drug-likeness (QED) is 0.207. The number of hydrogen-bond donors (Lipinski definition) is 1. The molecule has 1 N–H and O–H groups in total. The molecule has 3 aromatic rings. The predicted octanol–water partition coefficient (Wildman–Crippen LogP) is 6.58. The van der Waals surface area contributed by atoms with E-state index < -0.39 is 11.9 Å². The molecular formula is C27H27ClO5. The van der Waals surface area contributed by atoms with Gasteiger partial charge in [-0.1, -0.05) is 51.1 Å². The number of aromatic carboxylic acids is 1. The summed E-state index contributed by atoms with van der Waals surface area (Å²) in [6, 6.07) is 15.6. The van der Waals surface area contributed by atoms with Gasteiger partial charge in [-0.2, -0.15) is 0 Å². The Morgan fingerprint density at radius 1 is 1.09 bits per heavy atom. The number of alkyl halides is 1. The maximum absolute atomic E-state index is 12.4. The molecule has 3 aromatic carbocycles. The van der Waals surface area contributed by atoms with Crippen LogP contribution in [0.2, 0.25) is 0 Å². The highest BCUT2D eigenvalue weighted by molar-refractivity contribution is 6.21. The molecule has 0 unspecified atom stereocenters. The molecule has 0 fully saturated rings. The molecule has 2 atom stereocenters. The monoisotopic (exact) mass is 466 g/mol. The molecule has 0 spiro atoms. The maximum Gasteiger partial charge on any atom is 0.338 e. The SMILES string of the molecule is C=CCOc1ccc2cc(C(=O)O)c(-c3ccc(C(=O)OC[C@@H](Cl)[C@@H](C)CC)cc3)cc2c1. The summed E-state index contributed by atoms with van der Waals surface area (Å²) in [5, 5.41) is 11.2. The van der Waals surface area contributed by atoms with E-state index in [1.54, 1.807) is 42.5 Å². The normalized spacial score (nSPS) is 12.7. The number of hydrogen-bond acceptors (Lipinski definition) is 4. The fraction of sp³-hybridized carbons (Fsp3) is 0.259. The highest BCUT2D eigenvalue weighted by Gasteiger charge is 2.17. The third-order valence-electron chi connectivity index (χ3n) is 5.61. The van der Waals surface area contributed by atoms with Gasteiger partial charge >= 0.3 is 11.9 Å². The van der Waals surface area contributed by atoms with E-state index in [1.807, 2.05) is 32.0 Å². The van der Waals surface area contributed by atoms with Gasteiger partial charge in [-0.3, -0.25) is 0 Å². The van der Waals surface area contributed by atoms with Crippen molar-refractivity contribution >= 4 is 34.3 Å². The molecule has 0 amide bonds. The zero-order chi connectivity index (χ0) is 24.0. The number of rotatable bonds is 10. The van der Waals surface area contributed by atoms with Gasteiger partial charge in [0.05, 0.1) is 16.5 Å². The number of carboxylic acid groups (broad SMARTS) is 1. The lowest BCUT2D eigenvalue weighted by Crippen LogP contribution is -2.20. The van der Waals surface area contributed by atoms with E-state index in [0.29, 0.717) is 29.0 Å². The van der Waals surface area contributed by atoms with Crippen LogP contribution in [0.15, 0.2) is 67.3 Å². The van der Waals surface area contributed by atoms with Crippen LogP contribution in [-0.4, -0.2) is 35.6 Å². The van der Waals surface area contributed by atoms with Crippen molar-refractivity contribution in [1.82, 2.24) is 0 Å². The fourth-order valence-electron chi connectivity index (χ4n) is 3.38. The van der Waals surface area contributed by atoms with Crippen molar-refractivity contribution < 1.29 is 24.2 Å². The minimum absolute atomic E-state index is 0.140. The van der Waals surface area contributed by atoms with Gasteiger partial charge in [0.25, 0.3) is 0 Å². The van der Waals surface area contributed by atoms with Crippen LogP contribution in [0.5, 0.6) is 5.75 Å². The van der Waals surface area contributed by atoms with Gasteiger partial charge in [-0.05, 0) is 64.2 Å². The smallest absolute Gasteiger partial charge is 0.338 e. The molecule has 0 bridgehead atoms. The molecule has 0 saturated heterocycles. The van der Waals surface area contributed by atoms with Crippen molar-refractivity contribution in [3.63, 3.8) is 0 Å². The average molecular weight is 467 g/mol. The Hall–Kier alpha value is -3.31. The molecule has 33 heavy (non-hydrogen) atoms. The van der Waals surface area contributed by atoms with Crippen molar-refractivity contribution in [3.8, 4) is 16.9 Å². The summed E-state index contributed by atoms with van der Waals surface area (Å²) in [4.78, 5) is 24.3. The van der Waals surface area contributed by atoms with Crippen LogP contribution in [0, 0.1) is 5.92 Å². The Morgan fingerprint density at radius 2 is 1.82 bits per heavy atom. The molecule has 0 radical (unpaired) electrons. The molecule has 172 valence electrons. The Labute approximate surface area is 198 Å². The van der Waals surface area contributed by atoms with Crippen molar-refractivity contribution in [2.24, 2.45) is 5.92 Å². The summed E-state index contributed by atoms with van der Waals surface area (Å²) in [7, 11) is 0. The van der Waals surface area contributed by atoms with E-state index in [2.05, 4.69) is 6.58 Å². The number of esters is 1. The lowest BCUT2D eigenvalue weighted by molar-refractivity contribution is 0.0489. The fourth-order valence-corrected chi connectivity index (χ4v) is 3.62. The second-order valence-corrected chi connectivity index (χ2v) is 8.45. The number of benzene rings is 3. The largest absolute Gasteiger partial charge is 0.490 e. The minimum atomic E-state index is -1.03. The highest BCUT2D eigenvalue weighted by atomic mass is 35.5. The predicted molar refractivity (Wildman–Crippen MR) is 131 cm³/mol. The van der Waals surface area contributed by atoms with Crippen molar-refractivity contribution in [3.05, 3.63) is 78.4 Å². The van der Waals surface area contributed by atoms with E-state index >= 15 is 0 Å². The molecule has 3 rings (SSSR count). The summed E-state index contributed by atoms with van der Waals surface area (Å²) < 4.78 is 10.9. The maximum atomic E-state index is 12.4. The Balaban J connectivity index is 1.87. The topological polar surface area (TPSA) is 72.8 Å². The number of ether oxygens (including phenoxy) is 2. The Morgan fingerprint density at radius 3 is 2.45 bits per heavy atom. The molecule has 0 saturated carbocycles. The first kappa shape index (κ1) is 24.3. The van der Waals surface area contributed by atoms with Gasteiger partial charge in [-0.15, -0.1) is 11.6 Å². The summed E-state index contributed by atoms with van der Waals surface area (Å²) >= 11 is 6.26. The summed E-state index contributed by atoms with van der Waals surface area (Å²) in [6.45, 7) is 8.21. The zero-order valence-corrected chi connectivity index (χ0v) is 19.5. The molecule has 0 aliphatic heterocycles. The minimum Gasteiger partial charge on any atom is -0.490 e. The summed E-state index contributed by atoms with van der Waals surface area (Å²) in [5.41, 5.74) is 1.78. The van der Waals surface area contributed by atoms with E-state index in [-0.39, 0.29) is 23.5 Å². The number of halogens is 1. The van der Waals surface area contributed by atoms with Crippen LogP contribution in [0.25, 0.3) is 21.9 Å². The molecule has 5 nitrogen and oxygen atoms in total. The third-order valence-corrected chi connectivity index (χ3v) is 6.17. The Kier molecular flexibility index (Phi) is 8.12. The number of fused-ring (bicyclic) bond motifs is 1. The van der Waals surface area contributed by atoms with Gasteiger partial charge in [0.15, 0.2) is 0 Å².